The molecule has 1 fully saturated rings. The van der Waals surface area contributed by atoms with Gasteiger partial charge < -0.3 is 14.9 Å². The molecule has 0 radical (unpaired) electrons. The van der Waals surface area contributed by atoms with Crippen LogP contribution in [0.1, 0.15) is 6.92 Å². The van der Waals surface area contributed by atoms with E-state index in [1.54, 1.807) is 6.07 Å². The Labute approximate surface area is 99.3 Å². The van der Waals surface area contributed by atoms with Gasteiger partial charge in [0, 0.05) is 31.4 Å². The predicted molar refractivity (Wildman–Crippen MR) is 62.8 cm³/mol. The van der Waals surface area contributed by atoms with E-state index in [-0.39, 0.29) is 11.9 Å². The maximum Gasteiger partial charge on any atom is 0.407 e. The molecule has 0 bridgehead atoms. The molecule has 1 aromatic carbocycles. The summed E-state index contributed by atoms with van der Waals surface area (Å²) in [5.74, 6) is -0.268. The van der Waals surface area contributed by atoms with Crippen molar-refractivity contribution in [3.05, 3.63) is 30.1 Å². The van der Waals surface area contributed by atoms with Gasteiger partial charge >= 0.3 is 6.09 Å². The highest BCUT2D eigenvalue weighted by Gasteiger charge is 2.26. The summed E-state index contributed by atoms with van der Waals surface area (Å²) in [6.07, 6.45) is -0.893. The van der Waals surface area contributed by atoms with Crippen LogP contribution in [0.3, 0.4) is 0 Å². The molecule has 17 heavy (non-hydrogen) atoms. The van der Waals surface area contributed by atoms with E-state index >= 15 is 0 Å². The van der Waals surface area contributed by atoms with Crippen molar-refractivity contribution in [2.45, 2.75) is 13.0 Å². The molecular weight excluding hydrogens is 223 g/mol. The van der Waals surface area contributed by atoms with Crippen LogP contribution in [-0.4, -0.2) is 41.8 Å². The van der Waals surface area contributed by atoms with Crippen LogP contribution in [0.4, 0.5) is 14.9 Å². The first kappa shape index (κ1) is 11.7. The van der Waals surface area contributed by atoms with Crippen molar-refractivity contribution >= 4 is 11.8 Å². The molecule has 0 aliphatic carbocycles. The lowest BCUT2D eigenvalue weighted by Gasteiger charge is -2.40. The first-order valence-electron chi connectivity index (χ1n) is 5.58. The summed E-state index contributed by atoms with van der Waals surface area (Å²) in [5.41, 5.74) is 0.808. The number of amides is 1. The molecule has 1 N–H and O–H groups in total. The molecule has 1 heterocycles. The van der Waals surface area contributed by atoms with Gasteiger partial charge in [0.05, 0.1) is 0 Å². The van der Waals surface area contributed by atoms with E-state index in [0.29, 0.717) is 19.6 Å². The molecule has 4 nitrogen and oxygen atoms in total. The Bertz CT molecular complexity index is 425. The van der Waals surface area contributed by atoms with Crippen molar-refractivity contribution in [1.82, 2.24) is 4.90 Å². The van der Waals surface area contributed by atoms with E-state index < -0.39 is 6.09 Å². The lowest BCUT2D eigenvalue weighted by atomic mass is 10.1. The van der Waals surface area contributed by atoms with Crippen molar-refractivity contribution < 1.29 is 14.3 Å². The summed E-state index contributed by atoms with van der Waals surface area (Å²) in [6.45, 7) is 3.44. The number of carboxylic acid groups (broad SMARTS) is 1. The van der Waals surface area contributed by atoms with Gasteiger partial charge in [0.25, 0.3) is 0 Å². The zero-order chi connectivity index (χ0) is 12.4. The molecule has 2 rings (SSSR count). The van der Waals surface area contributed by atoms with Crippen LogP contribution in [0.15, 0.2) is 24.3 Å². The molecule has 0 unspecified atom stereocenters. The smallest absolute Gasteiger partial charge is 0.407 e. The third-order valence-corrected chi connectivity index (χ3v) is 3.04. The Balaban J connectivity index is 2.12. The summed E-state index contributed by atoms with van der Waals surface area (Å²) < 4.78 is 13.1. The van der Waals surface area contributed by atoms with Gasteiger partial charge in [-0.3, -0.25) is 0 Å². The first-order valence-corrected chi connectivity index (χ1v) is 5.58. The Hall–Kier alpha value is -1.78. The lowest BCUT2D eigenvalue weighted by molar-refractivity contribution is 0.136. The highest BCUT2D eigenvalue weighted by Crippen LogP contribution is 2.21. The summed E-state index contributed by atoms with van der Waals surface area (Å²) in [4.78, 5) is 14.3. The molecule has 0 saturated carbocycles. The normalized spacial score (nSPS) is 20.5. The quantitative estimate of drug-likeness (QED) is 0.814. The number of hydrogen-bond donors (Lipinski definition) is 1. The molecule has 1 saturated heterocycles. The Morgan fingerprint density at radius 1 is 1.47 bits per heavy atom. The fourth-order valence-corrected chi connectivity index (χ4v) is 2.17. The van der Waals surface area contributed by atoms with Crippen LogP contribution in [0.5, 0.6) is 0 Å². The zero-order valence-electron chi connectivity index (χ0n) is 9.64. The van der Waals surface area contributed by atoms with Crippen LogP contribution < -0.4 is 4.90 Å². The van der Waals surface area contributed by atoms with Crippen LogP contribution >= 0.6 is 0 Å². The van der Waals surface area contributed by atoms with Gasteiger partial charge in [-0.15, -0.1) is 0 Å². The molecular formula is C12H15FN2O2. The molecule has 0 spiro atoms. The van der Waals surface area contributed by atoms with Gasteiger partial charge in [0.15, 0.2) is 0 Å². The van der Waals surface area contributed by atoms with E-state index in [9.17, 15) is 9.18 Å². The highest BCUT2D eigenvalue weighted by molar-refractivity contribution is 5.65. The number of hydrogen-bond acceptors (Lipinski definition) is 2. The van der Waals surface area contributed by atoms with E-state index in [4.69, 9.17) is 5.11 Å². The maximum absolute atomic E-state index is 13.1. The Morgan fingerprint density at radius 3 is 2.82 bits per heavy atom. The summed E-state index contributed by atoms with van der Waals surface area (Å²) in [7, 11) is 0. The average molecular weight is 238 g/mol. The molecule has 92 valence electrons. The van der Waals surface area contributed by atoms with E-state index in [1.807, 2.05) is 17.9 Å². The van der Waals surface area contributed by atoms with E-state index in [2.05, 4.69) is 0 Å². The van der Waals surface area contributed by atoms with Crippen molar-refractivity contribution in [3.63, 3.8) is 0 Å². The van der Waals surface area contributed by atoms with Crippen LogP contribution in [-0.2, 0) is 0 Å². The standard InChI is InChI=1S/C12H15FN2O2/c1-9-8-14(12(16)17)5-6-15(9)11-4-2-3-10(13)7-11/h2-4,7,9H,5-6,8H2,1H3,(H,16,17)/t9-/m0/s1. The minimum Gasteiger partial charge on any atom is -0.465 e. The topological polar surface area (TPSA) is 43.8 Å². The SMILES string of the molecule is C[C@H]1CN(C(=O)O)CCN1c1cccc(F)c1. The minimum absolute atomic E-state index is 0.0571. The van der Waals surface area contributed by atoms with Crippen molar-refractivity contribution in [2.24, 2.45) is 0 Å². The number of halogens is 1. The van der Waals surface area contributed by atoms with Crippen molar-refractivity contribution in [1.29, 1.82) is 0 Å². The van der Waals surface area contributed by atoms with Gasteiger partial charge in [0.1, 0.15) is 5.82 Å². The summed E-state index contributed by atoms with van der Waals surface area (Å²) >= 11 is 0. The van der Waals surface area contributed by atoms with Gasteiger partial charge in [-0.25, -0.2) is 9.18 Å². The largest absolute Gasteiger partial charge is 0.465 e. The fourth-order valence-electron chi connectivity index (χ4n) is 2.17. The van der Waals surface area contributed by atoms with E-state index in [1.165, 1.54) is 17.0 Å². The summed E-state index contributed by atoms with van der Waals surface area (Å²) in [5, 5.41) is 8.90. The highest BCUT2D eigenvalue weighted by atomic mass is 19.1. The first-order chi connectivity index (χ1) is 8.08. The average Bonchev–Trinajstić information content (AvgIpc) is 2.28. The second-order valence-corrected chi connectivity index (χ2v) is 4.25. The molecule has 1 aliphatic rings. The Kier molecular flexibility index (Phi) is 3.17. The van der Waals surface area contributed by atoms with Gasteiger partial charge in [-0.2, -0.15) is 0 Å². The van der Waals surface area contributed by atoms with Gasteiger partial charge in [0.2, 0.25) is 0 Å². The monoisotopic (exact) mass is 238 g/mol. The predicted octanol–water partition coefficient (Wildman–Crippen LogP) is 2.01. The molecule has 1 aromatic rings. The molecule has 0 aromatic heterocycles. The molecule has 5 heteroatoms. The van der Waals surface area contributed by atoms with Crippen molar-refractivity contribution in [3.8, 4) is 0 Å². The zero-order valence-corrected chi connectivity index (χ0v) is 9.64. The van der Waals surface area contributed by atoms with Crippen molar-refractivity contribution in [2.75, 3.05) is 24.5 Å². The van der Waals surface area contributed by atoms with E-state index in [0.717, 1.165) is 5.69 Å². The van der Waals surface area contributed by atoms with Crippen LogP contribution in [0.2, 0.25) is 0 Å². The van der Waals surface area contributed by atoms with Crippen LogP contribution in [0, 0.1) is 5.82 Å². The molecule has 1 aliphatic heterocycles. The minimum atomic E-state index is -0.893. The maximum atomic E-state index is 13.1. The number of anilines is 1. The second-order valence-electron chi connectivity index (χ2n) is 4.25. The second kappa shape index (κ2) is 4.61. The van der Waals surface area contributed by atoms with Crippen LogP contribution in [0.25, 0.3) is 0 Å². The third-order valence-electron chi connectivity index (χ3n) is 3.04. The number of carbonyl (C=O) groups is 1. The summed E-state index contributed by atoms with van der Waals surface area (Å²) in [6, 6.07) is 6.45. The number of rotatable bonds is 1. The number of piperazine rings is 1. The fraction of sp³-hybridized carbons (Fsp3) is 0.417. The molecule has 1 atom stereocenters. The number of nitrogens with zero attached hydrogens (tertiary/aromatic N) is 2. The number of benzene rings is 1. The van der Waals surface area contributed by atoms with Gasteiger partial charge in [-0.05, 0) is 25.1 Å². The molecule has 1 amide bonds. The third kappa shape index (κ3) is 2.49. The lowest BCUT2D eigenvalue weighted by Crippen LogP contribution is -2.53. The van der Waals surface area contributed by atoms with Gasteiger partial charge in [-0.1, -0.05) is 6.07 Å². The Morgan fingerprint density at radius 2 is 2.24 bits per heavy atom.